The second kappa shape index (κ2) is 15.0. The number of aliphatic hydroxyl groups excluding tert-OH is 1. The van der Waals surface area contributed by atoms with Crippen LogP contribution in [0.2, 0.25) is 0 Å². The summed E-state index contributed by atoms with van der Waals surface area (Å²) in [5, 5.41) is 17.9. The lowest BCUT2D eigenvalue weighted by Gasteiger charge is -2.15. The molecule has 0 radical (unpaired) electrons. The van der Waals surface area contributed by atoms with Gasteiger partial charge in [0, 0.05) is 26.7 Å². The molecule has 1 heterocycles. The molecule has 5 rings (SSSR count). The molecule has 4 aromatic carbocycles. The van der Waals surface area contributed by atoms with Crippen LogP contribution in [0.3, 0.4) is 0 Å². The number of ether oxygens (including phenoxy) is 4. The first-order valence-corrected chi connectivity index (χ1v) is 14.0. The molecule has 0 bridgehead atoms. The molecule has 0 aromatic heterocycles. The summed E-state index contributed by atoms with van der Waals surface area (Å²) in [6.07, 6.45) is -1.32. The lowest BCUT2D eigenvalue weighted by Crippen LogP contribution is -2.22. The number of carboxylic acid groups (broad SMARTS) is 1. The maximum absolute atomic E-state index is 11.7. The first kappa shape index (κ1) is 31.3. The predicted octanol–water partition coefficient (Wildman–Crippen LogP) is 5.74. The Morgan fingerprint density at radius 3 is 1.63 bits per heavy atom. The number of carbonyl (C=O) groups is 2. The molecule has 43 heavy (non-hydrogen) atoms. The van der Waals surface area contributed by atoms with E-state index in [1.54, 1.807) is 38.1 Å². The molecule has 1 fully saturated rings. The number of carboxylic acids is 1. The molecule has 1 saturated heterocycles. The van der Waals surface area contributed by atoms with Crippen molar-refractivity contribution in [3.8, 4) is 11.5 Å². The van der Waals surface area contributed by atoms with Crippen molar-refractivity contribution in [3.05, 3.63) is 131 Å². The number of benzene rings is 4. The van der Waals surface area contributed by atoms with Gasteiger partial charge in [-0.3, -0.25) is 0 Å². The quantitative estimate of drug-likeness (QED) is 0.215. The van der Waals surface area contributed by atoms with Gasteiger partial charge in [0.05, 0.1) is 0 Å². The predicted molar refractivity (Wildman–Crippen MR) is 161 cm³/mol. The molecule has 0 spiro atoms. The van der Waals surface area contributed by atoms with E-state index in [4.69, 9.17) is 24.1 Å². The number of rotatable bonds is 11. The zero-order valence-corrected chi connectivity index (χ0v) is 24.2. The third kappa shape index (κ3) is 10.3. The van der Waals surface area contributed by atoms with Crippen LogP contribution in [0.1, 0.15) is 36.1 Å². The fourth-order valence-electron chi connectivity index (χ4n) is 4.30. The summed E-state index contributed by atoms with van der Waals surface area (Å²) in [4.78, 5) is 22.3. The van der Waals surface area contributed by atoms with E-state index in [1.807, 2.05) is 84.9 Å². The Kier molecular flexibility index (Phi) is 10.9. The van der Waals surface area contributed by atoms with Crippen molar-refractivity contribution in [2.24, 2.45) is 0 Å². The SMILES string of the molecule is CC1(C)OC(=O)[C@H](Cc2ccc(OCc3ccccc3)cc2)O1.O=C(O)[C@@H](O)Cc1ccc(OCc2ccccc2)cc1. The van der Waals surface area contributed by atoms with Crippen LogP contribution in [0, 0.1) is 0 Å². The summed E-state index contributed by atoms with van der Waals surface area (Å²) in [5.74, 6) is -0.843. The van der Waals surface area contributed by atoms with E-state index in [1.165, 1.54) is 0 Å². The van der Waals surface area contributed by atoms with Gasteiger partial charge in [0.1, 0.15) is 24.7 Å². The van der Waals surface area contributed by atoms with E-state index in [0.717, 1.165) is 28.0 Å². The molecule has 0 unspecified atom stereocenters. The number of aliphatic carboxylic acids is 1. The van der Waals surface area contributed by atoms with Crippen LogP contribution in [-0.2, 0) is 45.1 Å². The average Bonchev–Trinajstić information content (AvgIpc) is 3.28. The number of esters is 1. The second-order valence-corrected chi connectivity index (χ2v) is 10.5. The van der Waals surface area contributed by atoms with Crippen molar-refractivity contribution in [2.45, 2.75) is 57.9 Å². The lowest BCUT2D eigenvalue weighted by atomic mass is 10.1. The third-order valence-electron chi connectivity index (χ3n) is 6.51. The fraction of sp³-hybridized carbons (Fsp3) is 0.257. The Balaban J connectivity index is 0.000000199. The molecule has 8 nitrogen and oxygen atoms in total. The Morgan fingerprint density at radius 1 is 0.744 bits per heavy atom. The van der Waals surface area contributed by atoms with Gasteiger partial charge in [0.15, 0.2) is 12.2 Å². The lowest BCUT2D eigenvalue weighted by molar-refractivity contribution is -0.160. The normalized spacial score (nSPS) is 15.9. The maximum atomic E-state index is 11.7. The van der Waals surface area contributed by atoms with Crippen LogP contribution in [0.25, 0.3) is 0 Å². The maximum Gasteiger partial charge on any atom is 0.338 e. The van der Waals surface area contributed by atoms with Gasteiger partial charge in [-0.1, -0.05) is 84.9 Å². The average molecular weight is 585 g/mol. The Labute approximate surface area is 251 Å². The largest absolute Gasteiger partial charge is 0.489 e. The molecular formula is C35H36O8. The Hall–Kier alpha value is -4.66. The Bertz CT molecular complexity index is 1440. The Morgan fingerprint density at radius 2 is 1.21 bits per heavy atom. The van der Waals surface area contributed by atoms with Crippen LogP contribution >= 0.6 is 0 Å². The van der Waals surface area contributed by atoms with Crippen molar-refractivity contribution in [1.29, 1.82) is 0 Å². The molecule has 4 aromatic rings. The molecule has 0 saturated carbocycles. The number of aliphatic hydroxyl groups is 1. The van der Waals surface area contributed by atoms with Gasteiger partial charge >= 0.3 is 11.9 Å². The van der Waals surface area contributed by atoms with Crippen LogP contribution in [-0.4, -0.2) is 40.1 Å². The summed E-state index contributed by atoms with van der Waals surface area (Å²) in [6, 6.07) is 34.6. The first-order chi connectivity index (χ1) is 20.7. The highest BCUT2D eigenvalue weighted by atomic mass is 16.8. The van der Waals surface area contributed by atoms with E-state index in [0.29, 0.717) is 25.4 Å². The van der Waals surface area contributed by atoms with E-state index >= 15 is 0 Å². The van der Waals surface area contributed by atoms with Gasteiger partial charge in [0.2, 0.25) is 5.79 Å². The highest BCUT2D eigenvalue weighted by Crippen LogP contribution is 2.26. The second-order valence-electron chi connectivity index (χ2n) is 10.5. The summed E-state index contributed by atoms with van der Waals surface area (Å²) >= 11 is 0. The summed E-state index contributed by atoms with van der Waals surface area (Å²) in [5.41, 5.74) is 3.97. The molecular weight excluding hydrogens is 548 g/mol. The minimum Gasteiger partial charge on any atom is -0.489 e. The van der Waals surface area contributed by atoms with Crippen molar-refractivity contribution >= 4 is 11.9 Å². The van der Waals surface area contributed by atoms with Gasteiger partial charge in [-0.25, -0.2) is 9.59 Å². The standard InChI is InChI=1S/C19H20O4.C16H16O4/c1-19(2)22-17(18(20)23-19)12-14-8-10-16(11-9-14)21-13-15-6-4-3-5-7-15;17-15(16(18)19)10-12-6-8-14(9-7-12)20-11-13-4-2-1-3-5-13/h3-11,17H,12-13H2,1-2H3;1-9,15,17H,10-11H2,(H,18,19)/t17-;15-/m00/s1. The van der Waals surface area contributed by atoms with Crippen molar-refractivity contribution in [2.75, 3.05) is 0 Å². The topological polar surface area (TPSA) is 112 Å². The molecule has 0 aliphatic carbocycles. The first-order valence-electron chi connectivity index (χ1n) is 14.0. The number of hydrogen-bond acceptors (Lipinski definition) is 7. The van der Waals surface area contributed by atoms with Crippen LogP contribution in [0.4, 0.5) is 0 Å². The number of carbonyl (C=O) groups excluding carboxylic acids is 1. The fourth-order valence-corrected chi connectivity index (χ4v) is 4.30. The summed E-state index contributed by atoms with van der Waals surface area (Å²) < 4.78 is 22.1. The minimum atomic E-state index is -1.37. The molecule has 0 amide bonds. The summed E-state index contributed by atoms with van der Waals surface area (Å²) in [6.45, 7) is 4.50. The van der Waals surface area contributed by atoms with E-state index in [-0.39, 0.29) is 12.4 Å². The molecule has 1 aliphatic rings. The van der Waals surface area contributed by atoms with Crippen LogP contribution in [0.5, 0.6) is 11.5 Å². The smallest absolute Gasteiger partial charge is 0.338 e. The molecule has 1 aliphatic heterocycles. The van der Waals surface area contributed by atoms with Crippen LogP contribution < -0.4 is 9.47 Å². The van der Waals surface area contributed by atoms with E-state index in [2.05, 4.69) is 0 Å². The monoisotopic (exact) mass is 584 g/mol. The number of hydrogen-bond donors (Lipinski definition) is 2. The summed E-state index contributed by atoms with van der Waals surface area (Å²) in [7, 11) is 0. The van der Waals surface area contributed by atoms with E-state index in [9.17, 15) is 14.7 Å². The molecule has 224 valence electrons. The van der Waals surface area contributed by atoms with E-state index < -0.39 is 24.0 Å². The van der Waals surface area contributed by atoms with Crippen molar-refractivity contribution in [3.63, 3.8) is 0 Å². The van der Waals surface area contributed by atoms with Crippen molar-refractivity contribution in [1.82, 2.24) is 0 Å². The van der Waals surface area contributed by atoms with Gasteiger partial charge in [-0.15, -0.1) is 0 Å². The molecule has 8 heteroatoms. The highest BCUT2D eigenvalue weighted by molar-refractivity contribution is 5.77. The zero-order valence-electron chi connectivity index (χ0n) is 24.2. The van der Waals surface area contributed by atoms with Gasteiger partial charge < -0.3 is 29.2 Å². The van der Waals surface area contributed by atoms with Gasteiger partial charge in [0.25, 0.3) is 0 Å². The van der Waals surface area contributed by atoms with Gasteiger partial charge in [-0.05, 0) is 46.5 Å². The molecule has 2 N–H and O–H groups in total. The van der Waals surface area contributed by atoms with Gasteiger partial charge in [-0.2, -0.15) is 0 Å². The third-order valence-corrected chi connectivity index (χ3v) is 6.51. The zero-order chi connectivity index (χ0) is 30.7. The van der Waals surface area contributed by atoms with Crippen molar-refractivity contribution < 1.29 is 38.7 Å². The molecule has 2 atom stereocenters. The van der Waals surface area contributed by atoms with Crippen LogP contribution in [0.15, 0.2) is 109 Å². The minimum absolute atomic E-state index is 0.0916. The highest BCUT2D eigenvalue weighted by Gasteiger charge is 2.40. The number of cyclic esters (lactones) is 1.